The third-order valence-electron chi connectivity index (χ3n) is 4.82. The number of aliphatic carboxylic acids is 1. The number of halogens is 3. The van der Waals surface area contributed by atoms with Crippen molar-refractivity contribution in [2.45, 2.75) is 24.8 Å². The van der Waals surface area contributed by atoms with E-state index in [2.05, 4.69) is 0 Å². The third kappa shape index (κ3) is 2.17. The highest BCUT2D eigenvalue weighted by Gasteiger charge is 2.55. The predicted molar refractivity (Wildman–Crippen MR) is 83.6 cm³/mol. The Morgan fingerprint density at radius 3 is 2.71 bits per heavy atom. The van der Waals surface area contributed by atoms with Crippen molar-refractivity contribution in [3.63, 3.8) is 0 Å². The third-order valence-corrected chi connectivity index (χ3v) is 5.05. The molecule has 0 amide bonds. The molecule has 1 fully saturated rings. The zero-order valence-electron chi connectivity index (χ0n) is 12.2. The van der Waals surface area contributed by atoms with Crippen molar-refractivity contribution < 1.29 is 18.7 Å². The van der Waals surface area contributed by atoms with Crippen LogP contribution in [0.5, 0.6) is 0 Å². The molecular weight excluding hydrogens is 340 g/mol. The van der Waals surface area contributed by atoms with Gasteiger partial charge in [0.2, 0.25) is 0 Å². The van der Waals surface area contributed by atoms with Crippen LogP contribution in [0.15, 0.2) is 35.1 Å². The van der Waals surface area contributed by atoms with E-state index < -0.39 is 24.0 Å². The van der Waals surface area contributed by atoms with Gasteiger partial charge in [-0.15, -0.1) is 0 Å². The van der Waals surface area contributed by atoms with Crippen molar-refractivity contribution >= 4 is 17.6 Å². The van der Waals surface area contributed by atoms with E-state index in [1.54, 1.807) is 6.07 Å². The number of pyridine rings is 1. The van der Waals surface area contributed by atoms with E-state index in [0.29, 0.717) is 22.7 Å². The van der Waals surface area contributed by atoms with Gasteiger partial charge in [-0.3, -0.25) is 9.36 Å². The average Bonchev–Trinajstić information content (AvgIpc) is 3.22. The standard InChI is InChI=1S/C17H12ClF2NO3/c18-8-1-2-9(16(19)20)10(5-8)7-3-13-11-6-12(11)15(17(23)24)21(13)14(22)4-7/h1-5,11-12,15-16H,6H2,(H,23,24)/t11-,12+,15+/m1/s1. The number of benzene rings is 1. The number of alkyl halides is 2. The topological polar surface area (TPSA) is 59.3 Å². The largest absolute Gasteiger partial charge is 0.480 e. The minimum Gasteiger partial charge on any atom is -0.480 e. The van der Waals surface area contributed by atoms with Crippen LogP contribution in [-0.2, 0) is 4.79 Å². The molecule has 2 aromatic rings. The van der Waals surface area contributed by atoms with Gasteiger partial charge < -0.3 is 5.11 Å². The molecule has 4 rings (SSSR count). The molecule has 1 N–H and O–H groups in total. The quantitative estimate of drug-likeness (QED) is 0.913. The maximum absolute atomic E-state index is 13.3. The van der Waals surface area contributed by atoms with E-state index in [-0.39, 0.29) is 23.0 Å². The highest BCUT2D eigenvalue weighted by Crippen LogP contribution is 2.59. The molecule has 1 aromatic heterocycles. The zero-order valence-corrected chi connectivity index (χ0v) is 13.0. The lowest BCUT2D eigenvalue weighted by Crippen LogP contribution is -2.29. The van der Waals surface area contributed by atoms with Gasteiger partial charge in [0.05, 0.1) is 0 Å². The summed E-state index contributed by atoms with van der Waals surface area (Å²) in [6.07, 6.45) is -1.99. The monoisotopic (exact) mass is 351 g/mol. The first-order valence-electron chi connectivity index (χ1n) is 7.45. The van der Waals surface area contributed by atoms with Crippen molar-refractivity contribution in [2.24, 2.45) is 5.92 Å². The first-order valence-corrected chi connectivity index (χ1v) is 7.83. The highest BCUT2D eigenvalue weighted by molar-refractivity contribution is 6.30. The van der Waals surface area contributed by atoms with Crippen LogP contribution in [0.3, 0.4) is 0 Å². The van der Waals surface area contributed by atoms with E-state index in [4.69, 9.17) is 11.6 Å². The summed E-state index contributed by atoms with van der Waals surface area (Å²) in [5.41, 5.74) is 0.468. The Morgan fingerprint density at radius 2 is 2.04 bits per heavy atom. The molecule has 2 aliphatic rings. The SMILES string of the molecule is O=C(O)[C@@H]1[C@H]2C[C@H]2c2cc(-c3cc(Cl)ccc3C(F)F)cc(=O)n21. The van der Waals surface area contributed by atoms with Crippen LogP contribution in [0.25, 0.3) is 11.1 Å². The second kappa shape index (κ2) is 5.14. The summed E-state index contributed by atoms with van der Waals surface area (Å²) in [6, 6.07) is 6.02. The van der Waals surface area contributed by atoms with Crippen LogP contribution in [-0.4, -0.2) is 15.6 Å². The van der Waals surface area contributed by atoms with E-state index in [9.17, 15) is 23.5 Å². The van der Waals surface area contributed by atoms with Gasteiger partial charge in [-0.05, 0) is 41.7 Å². The lowest BCUT2D eigenvalue weighted by molar-refractivity contribution is -0.141. The smallest absolute Gasteiger partial charge is 0.327 e. The van der Waals surface area contributed by atoms with Gasteiger partial charge >= 0.3 is 5.97 Å². The molecule has 124 valence electrons. The molecule has 3 atom stereocenters. The number of fused-ring (bicyclic) bond motifs is 3. The molecule has 1 saturated carbocycles. The summed E-state index contributed by atoms with van der Waals surface area (Å²) in [6.45, 7) is 0. The lowest BCUT2D eigenvalue weighted by atomic mass is 9.99. The van der Waals surface area contributed by atoms with Crippen molar-refractivity contribution in [3.05, 3.63) is 57.0 Å². The molecule has 1 aliphatic heterocycles. The van der Waals surface area contributed by atoms with Crippen molar-refractivity contribution in [3.8, 4) is 11.1 Å². The molecule has 0 bridgehead atoms. The van der Waals surface area contributed by atoms with Crippen LogP contribution >= 0.6 is 11.6 Å². The van der Waals surface area contributed by atoms with Crippen molar-refractivity contribution in [2.75, 3.05) is 0 Å². The van der Waals surface area contributed by atoms with E-state index >= 15 is 0 Å². The Bertz CT molecular complexity index is 925. The molecule has 4 nitrogen and oxygen atoms in total. The summed E-state index contributed by atoms with van der Waals surface area (Å²) in [5, 5.41) is 9.64. The Hall–Kier alpha value is -2.21. The van der Waals surface area contributed by atoms with Gasteiger partial charge in [-0.25, -0.2) is 13.6 Å². The Balaban J connectivity index is 1.91. The molecule has 1 aliphatic carbocycles. The number of carbonyl (C=O) groups is 1. The molecule has 0 saturated heterocycles. The van der Waals surface area contributed by atoms with Crippen LogP contribution in [0.1, 0.15) is 36.1 Å². The van der Waals surface area contributed by atoms with Gasteiger partial charge in [0.25, 0.3) is 12.0 Å². The maximum Gasteiger partial charge on any atom is 0.327 e. The Kier molecular flexibility index (Phi) is 3.28. The minimum absolute atomic E-state index is 0.00735. The lowest BCUT2D eigenvalue weighted by Gasteiger charge is -2.16. The highest BCUT2D eigenvalue weighted by atomic mass is 35.5. The van der Waals surface area contributed by atoms with E-state index in [0.717, 1.165) is 0 Å². The molecule has 0 unspecified atom stereocenters. The van der Waals surface area contributed by atoms with E-state index in [1.165, 1.54) is 28.8 Å². The van der Waals surface area contributed by atoms with Crippen molar-refractivity contribution in [1.29, 1.82) is 0 Å². The Labute approximate surface area is 140 Å². The fourth-order valence-corrected chi connectivity index (χ4v) is 3.87. The summed E-state index contributed by atoms with van der Waals surface area (Å²) in [5.74, 6) is -1.11. The van der Waals surface area contributed by atoms with Gasteiger partial charge in [0.1, 0.15) is 6.04 Å². The molecule has 24 heavy (non-hydrogen) atoms. The van der Waals surface area contributed by atoms with Crippen LogP contribution in [0, 0.1) is 5.92 Å². The predicted octanol–water partition coefficient (Wildman–Crippen LogP) is 3.85. The first kappa shape index (κ1) is 15.3. The molecule has 0 radical (unpaired) electrons. The minimum atomic E-state index is -2.70. The van der Waals surface area contributed by atoms with Crippen LogP contribution in [0.4, 0.5) is 8.78 Å². The number of hydrogen-bond acceptors (Lipinski definition) is 2. The zero-order chi connectivity index (χ0) is 17.2. The first-order chi connectivity index (χ1) is 11.4. The Morgan fingerprint density at radius 1 is 1.29 bits per heavy atom. The second-order valence-corrected chi connectivity index (χ2v) is 6.63. The number of carboxylic acid groups (broad SMARTS) is 1. The fourth-order valence-electron chi connectivity index (χ4n) is 3.70. The number of nitrogens with zero attached hydrogens (tertiary/aromatic N) is 1. The van der Waals surface area contributed by atoms with Gasteiger partial charge in [0.15, 0.2) is 0 Å². The van der Waals surface area contributed by atoms with Gasteiger partial charge in [-0.1, -0.05) is 17.7 Å². The van der Waals surface area contributed by atoms with Crippen LogP contribution in [0.2, 0.25) is 5.02 Å². The molecule has 1 aromatic carbocycles. The summed E-state index contributed by atoms with van der Waals surface area (Å²) in [4.78, 5) is 23.9. The number of rotatable bonds is 3. The molecule has 2 heterocycles. The molecule has 0 spiro atoms. The summed E-state index contributed by atoms with van der Waals surface area (Å²) < 4.78 is 27.8. The molecular formula is C17H12ClF2NO3. The second-order valence-electron chi connectivity index (χ2n) is 6.20. The van der Waals surface area contributed by atoms with Crippen LogP contribution < -0.4 is 5.56 Å². The van der Waals surface area contributed by atoms with Gasteiger partial charge in [-0.2, -0.15) is 0 Å². The molecule has 7 heteroatoms. The van der Waals surface area contributed by atoms with Gasteiger partial charge in [0, 0.05) is 28.3 Å². The summed E-state index contributed by atoms with van der Waals surface area (Å²) >= 11 is 5.92. The summed E-state index contributed by atoms with van der Waals surface area (Å²) in [7, 11) is 0. The van der Waals surface area contributed by atoms with Crippen molar-refractivity contribution in [1.82, 2.24) is 4.57 Å². The number of aromatic nitrogens is 1. The number of carboxylic acids is 1. The fraction of sp³-hybridized carbons (Fsp3) is 0.294. The average molecular weight is 352 g/mol. The maximum atomic E-state index is 13.3. The number of hydrogen-bond donors (Lipinski definition) is 1. The van der Waals surface area contributed by atoms with E-state index in [1.807, 2.05) is 0 Å². The normalized spacial score (nSPS) is 23.9.